The standard InChI is InChI=1S/C8H18N2O2/c1-7(2)12-8(11)9-5-6-10(3)4/h7H,5-6H2,1-4H3,(H,9,11). The van der Waals surface area contributed by atoms with Crippen LogP contribution in [0.4, 0.5) is 4.79 Å². The van der Waals surface area contributed by atoms with Gasteiger partial charge < -0.3 is 15.0 Å². The van der Waals surface area contributed by atoms with Crippen LogP contribution in [-0.2, 0) is 4.74 Å². The van der Waals surface area contributed by atoms with Crippen LogP contribution in [0.15, 0.2) is 0 Å². The third kappa shape index (κ3) is 7.34. The molecule has 0 bridgehead atoms. The molecule has 0 aromatic heterocycles. The highest BCUT2D eigenvalue weighted by Crippen LogP contribution is 1.87. The van der Waals surface area contributed by atoms with Gasteiger partial charge in [-0.05, 0) is 27.9 Å². The van der Waals surface area contributed by atoms with Gasteiger partial charge in [-0.3, -0.25) is 0 Å². The zero-order chi connectivity index (χ0) is 9.56. The predicted molar refractivity (Wildman–Crippen MR) is 48.2 cm³/mol. The molecule has 0 radical (unpaired) electrons. The van der Waals surface area contributed by atoms with E-state index in [9.17, 15) is 4.79 Å². The van der Waals surface area contributed by atoms with E-state index in [1.54, 1.807) is 0 Å². The Hall–Kier alpha value is -0.770. The highest BCUT2D eigenvalue weighted by Gasteiger charge is 2.02. The third-order valence-corrected chi connectivity index (χ3v) is 1.17. The molecule has 0 aromatic rings. The molecule has 0 heterocycles. The Morgan fingerprint density at radius 3 is 2.50 bits per heavy atom. The van der Waals surface area contributed by atoms with Crippen molar-refractivity contribution < 1.29 is 9.53 Å². The molecule has 0 atom stereocenters. The summed E-state index contributed by atoms with van der Waals surface area (Å²) in [6.45, 7) is 5.10. The van der Waals surface area contributed by atoms with E-state index in [1.807, 2.05) is 32.8 Å². The summed E-state index contributed by atoms with van der Waals surface area (Å²) in [5, 5.41) is 2.64. The first-order valence-electron chi connectivity index (χ1n) is 4.11. The number of likely N-dealkylation sites (N-methyl/N-ethyl adjacent to an activating group) is 1. The van der Waals surface area contributed by atoms with Gasteiger partial charge in [0.25, 0.3) is 0 Å². The highest BCUT2D eigenvalue weighted by atomic mass is 16.6. The van der Waals surface area contributed by atoms with Crippen molar-refractivity contribution in [3.05, 3.63) is 0 Å². The van der Waals surface area contributed by atoms with E-state index in [2.05, 4.69) is 5.32 Å². The summed E-state index contributed by atoms with van der Waals surface area (Å²) < 4.78 is 4.86. The topological polar surface area (TPSA) is 41.6 Å². The normalized spacial score (nSPS) is 10.5. The third-order valence-electron chi connectivity index (χ3n) is 1.17. The summed E-state index contributed by atoms with van der Waals surface area (Å²) in [7, 11) is 3.91. The summed E-state index contributed by atoms with van der Waals surface area (Å²) >= 11 is 0. The Morgan fingerprint density at radius 1 is 1.50 bits per heavy atom. The van der Waals surface area contributed by atoms with Crippen molar-refractivity contribution in [1.29, 1.82) is 0 Å². The van der Waals surface area contributed by atoms with Gasteiger partial charge in [0.2, 0.25) is 0 Å². The lowest BCUT2D eigenvalue weighted by atomic mass is 10.5. The van der Waals surface area contributed by atoms with Crippen molar-refractivity contribution >= 4 is 6.09 Å². The second-order valence-electron chi connectivity index (χ2n) is 3.18. The first-order chi connectivity index (χ1) is 5.52. The summed E-state index contributed by atoms with van der Waals surface area (Å²) in [5.41, 5.74) is 0. The van der Waals surface area contributed by atoms with E-state index < -0.39 is 0 Å². The zero-order valence-electron chi connectivity index (χ0n) is 8.26. The van der Waals surface area contributed by atoms with E-state index in [0.717, 1.165) is 6.54 Å². The lowest BCUT2D eigenvalue weighted by Gasteiger charge is -2.11. The average molecular weight is 174 g/mol. The van der Waals surface area contributed by atoms with Gasteiger partial charge in [-0.25, -0.2) is 4.79 Å². The van der Waals surface area contributed by atoms with Gasteiger partial charge in [-0.1, -0.05) is 0 Å². The van der Waals surface area contributed by atoms with Crippen LogP contribution >= 0.6 is 0 Å². The van der Waals surface area contributed by atoms with Crippen LogP contribution in [0, 0.1) is 0 Å². The number of hydrogen-bond acceptors (Lipinski definition) is 3. The Balaban J connectivity index is 3.32. The van der Waals surface area contributed by atoms with Gasteiger partial charge in [0, 0.05) is 13.1 Å². The predicted octanol–water partition coefficient (Wildman–Crippen LogP) is 0.683. The summed E-state index contributed by atoms with van der Waals surface area (Å²) in [6.07, 6.45) is -0.392. The number of hydrogen-bond donors (Lipinski definition) is 1. The van der Waals surface area contributed by atoms with Crippen LogP contribution in [0.2, 0.25) is 0 Å². The Kier molecular flexibility index (Phi) is 5.45. The van der Waals surface area contributed by atoms with Crippen LogP contribution in [-0.4, -0.2) is 44.3 Å². The lowest BCUT2D eigenvalue weighted by Crippen LogP contribution is -2.32. The number of nitrogens with one attached hydrogen (secondary N) is 1. The molecule has 0 spiro atoms. The van der Waals surface area contributed by atoms with Gasteiger partial charge >= 0.3 is 6.09 Å². The molecule has 0 aliphatic rings. The highest BCUT2D eigenvalue weighted by molar-refractivity contribution is 5.67. The fourth-order valence-corrected chi connectivity index (χ4v) is 0.637. The number of rotatable bonds is 4. The molecular formula is C8H18N2O2. The van der Waals surface area contributed by atoms with Gasteiger partial charge in [0.1, 0.15) is 0 Å². The molecule has 4 nitrogen and oxygen atoms in total. The Morgan fingerprint density at radius 2 is 2.08 bits per heavy atom. The fraction of sp³-hybridized carbons (Fsp3) is 0.875. The smallest absolute Gasteiger partial charge is 0.407 e. The molecule has 72 valence electrons. The number of amides is 1. The van der Waals surface area contributed by atoms with Gasteiger partial charge in [-0.15, -0.1) is 0 Å². The van der Waals surface area contributed by atoms with Crippen molar-refractivity contribution in [2.45, 2.75) is 20.0 Å². The first-order valence-corrected chi connectivity index (χ1v) is 4.11. The number of nitrogens with zero attached hydrogens (tertiary/aromatic N) is 1. The van der Waals surface area contributed by atoms with Gasteiger partial charge in [-0.2, -0.15) is 0 Å². The molecule has 0 rings (SSSR count). The maximum absolute atomic E-state index is 10.9. The minimum atomic E-state index is -0.341. The fourth-order valence-electron chi connectivity index (χ4n) is 0.637. The molecule has 0 aliphatic carbocycles. The SMILES string of the molecule is CC(C)OC(=O)NCCN(C)C. The minimum Gasteiger partial charge on any atom is -0.447 e. The van der Waals surface area contributed by atoms with Crippen LogP contribution in [0.3, 0.4) is 0 Å². The second-order valence-corrected chi connectivity index (χ2v) is 3.18. The van der Waals surface area contributed by atoms with E-state index in [0.29, 0.717) is 6.54 Å². The molecule has 4 heteroatoms. The maximum Gasteiger partial charge on any atom is 0.407 e. The van der Waals surface area contributed by atoms with Crippen molar-refractivity contribution in [1.82, 2.24) is 10.2 Å². The number of alkyl carbamates (subject to hydrolysis) is 1. The van der Waals surface area contributed by atoms with Crippen LogP contribution in [0.25, 0.3) is 0 Å². The summed E-state index contributed by atoms with van der Waals surface area (Å²) in [5.74, 6) is 0. The molecule has 1 amide bonds. The van der Waals surface area contributed by atoms with Crippen molar-refractivity contribution in [3.63, 3.8) is 0 Å². The minimum absolute atomic E-state index is 0.0515. The first kappa shape index (κ1) is 11.2. The maximum atomic E-state index is 10.9. The molecule has 0 unspecified atom stereocenters. The van der Waals surface area contributed by atoms with E-state index in [-0.39, 0.29) is 12.2 Å². The zero-order valence-corrected chi connectivity index (χ0v) is 8.26. The molecule has 0 aliphatic heterocycles. The van der Waals surface area contributed by atoms with Crippen molar-refractivity contribution in [3.8, 4) is 0 Å². The van der Waals surface area contributed by atoms with Crippen LogP contribution < -0.4 is 5.32 Å². The number of carbonyl (C=O) groups excluding carboxylic acids is 1. The van der Waals surface area contributed by atoms with E-state index in [1.165, 1.54) is 0 Å². The van der Waals surface area contributed by atoms with Gasteiger partial charge in [0.05, 0.1) is 6.10 Å². The van der Waals surface area contributed by atoms with Gasteiger partial charge in [0.15, 0.2) is 0 Å². The quantitative estimate of drug-likeness (QED) is 0.681. The largest absolute Gasteiger partial charge is 0.447 e. The summed E-state index contributed by atoms with van der Waals surface area (Å²) in [6, 6.07) is 0. The molecule has 0 saturated carbocycles. The van der Waals surface area contributed by atoms with Crippen LogP contribution in [0.1, 0.15) is 13.8 Å². The monoisotopic (exact) mass is 174 g/mol. The number of carbonyl (C=O) groups is 1. The molecular weight excluding hydrogens is 156 g/mol. The Bertz CT molecular complexity index is 135. The molecule has 0 aromatic carbocycles. The Labute approximate surface area is 73.9 Å². The molecule has 0 fully saturated rings. The number of ether oxygens (including phenoxy) is 1. The summed E-state index contributed by atoms with van der Waals surface area (Å²) in [4.78, 5) is 12.9. The van der Waals surface area contributed by atoms with E-state index in [4.69, 9.17) is 4.74 Å². The average Bonchev–Trinajstić information content (AvgIpc) is 1.84. The molecule has 12 heavy (non-hydrogen) atoms. The van der Waals surface area contributed by atoms with E-state index >= 15 is 0 Å². The lowest BCUT2D eigenvalue weighted by molar-refractivity contribution is 0.115. The molecule has 0 saturated heterocycles. The van der Waals surface area contributed by atoms with Crippen LogP contribution in [0.5, 0.6) is 0 Å². The molecule has 1 N–H and O–H groups in total. The second kappa shape index (κ2) is 5.83. The van der Waals surface area contributed by atoms with Crippen molar-refractivity contribution in [2.75, 3.05) is 27.2 Å². The van der Waals surface area contributed by atoms with Crippen molar-refractivity contribution in [2.24, 2.45) is 0 Å².